The molecule has 0 saturated carbocycles. The topological polar surface area (TPSA) is 211 Å². The number of hydrogen-bond donors (Lipinski definition) is 0. The van der Waals surface area contributed by atoms with Crippen molar-refractivity contribution in [3.63, 3.8) is 0 Å². The van der Waals surface area contributed by atoms with Crippen molar-refractivity contribution in [1.29, 1.82) is 0 Å². The van der Waals surface area contributed by atoms with Gasteiger partial charge in [0.05, 0.1) is 58.0 Å². The van der Waals surface area contributed by atoms with Gasteiger partial charge in [-0.15, -0.1) is 0 Å². The number of rotatable bonds is 8. The molecule has 2 aromatic carbocycles. The molecule has 17 nitrogen and oxygen atoms in total. The van der Waals surface area contributed by atoms with Crippen molar-refractivity contribution in [3.05, 3.63) is 114 Å². The Morgan fingerprint density at radius 2 is 1.03 bits per heavy atom. The van der Waals surface area contributed by atoms with E-state index in [9.17, 15) is 33.6 Å². The van der Waals surface area contributed by atoms with Crippen LogP contribution in [0.3, 0.4) is 0 Å². The van der Waals surface area contributed by atoms with Crippen LogP contribution in [0.25, 0.3) is 44.6 Å². The Labute approximate surface area is 383 Å². The Kier molecular flexibility index (Phi) is 10.1. The van der Waals surface area contributed by atoms with Gasteiger partial charge in [0, 0.05) is 56.2 Å². The van der Waals surface area contributed by atoms with Crippen LogP contribution in [0.4, 0.5) is 14.4 Å². The molecule has 0 aliphatic carbocycles. The van der Waals surface area contributed by atoms with Crippen molar-refractivity contribution >= 4 is 74.0 Å². The molecule has 0 radical (unpaired) electrons. The number of hydrogen-bond acceptors (Lipinski definition) is 15. The van der Waals surface area contributed by atoms with Crippen LogP contribution in [0.15, 0.2) is 58.1 Å². The summed E-state index contributed by atoms with van der Waals surface area (Å²) in [6, 6.07) is 13.2. The molecule has 0 fully saturated rings. The monoisotopic (exact) mass is 934 g/mol. The van der Waals surface area contributed by atoms with Crippen molar-refractivity contribution in [2.45, 2.75) is 90.9 Å². The number of pyridine rings is 4. The summed E-state index contributed by atoms with van der Waals surface area (Å²) < 4.78 is 35.9. The zero-order valence-corrected chi connectivity index (χ0v) is 37.1. The third-order valence-electron chi connectivity index (χ3n) is 13.1. The van der Waals surface area contributed by atoms with E-state index < -0.39 is 51.3 Å². The molecule has 66 heavy (non-hydrogen) atoms. The van der Waals surface area contributed by atoms with Crippen LogP contribution in [-0.4, -0.2) is 48.1 Å². The number of halogens is 2. The Morgan fingerprint density at radius 3 is 1.39 bits per heavy atom. The number of ether oxygens (including phenoxy) is 6. The van der Waals surface area contributed by atoms with Crippen molar-refractivity contribution in [3.8, 4) is 34.3 Å². The number of fused-ring (bicyclic) bond motifs is 10. The highest BCUT2D eigenvalue weighted by atomic mass is 35.5. The average molecular weight is 936 g/mol. The summed E-state index contributed by atoms with van der Waals surface area (Å²) in [6.07, 6.45) is -0.00895. The van der Waals surface area contributed by atoms with Gasteiger partial charge < -0.3 is 37.6 Å². The predicted molar refractivity (Wildman–Crippen MR) is 235 cm³/mol. The van der Waals surface area contributed by atoms with E-state index in [1.165, 1.54) is 0 Å². The van der Waals surface area contributed by atoms with Crippen LogP contribution in [0.2, 0.25) is 0 Å². The molecule has 6 aromatic rings. The number of aryl methyl sites for hydroxylation is 2. The lowest BCUT2D eigenvalue weighted by atomic mass is 9.85. The molecular formula is C47H36Cl2N4O13. The Hall–Kier alpha value is -7.11. The molecule has 0 spiro atoms. The maximum atomic E-state index is 14.0. The minimum atomic E-state index is -1.90. The van der Waals surface area contributed by atoms with Gasteiger partial charge in [-0.2, -0.15) is 0 Å². The van der Waals surface area contributed by atoms with Gasteiger partial charge in [0.2, 0.25) is 11.2 Å². The third kappa shape index (κ3) is 6.23. The number of nitrogens with zero attached hydrogens (tertiary/aromatic N) is 4. The lowest BCUT2D eigenvalue weighted by molar-refractivity contribution is -0.171. The second-order valence-corrected chi connectivity index (χ2v) is 16.8. The van der Waals surface area contributed by atoms with Crippen molar-refractivity contribution in [1.82, 2.24) is 19.1 Å². The van der Waals surface area contributed by atoms with E-state index in [-0.39, 0.29) is 72.9 Å². The normalized spacial score (nSPS) is 18.6. The van der Waals surface area contributed by atoms with Crippen molar-refractivity contribution in [2.24, 2.45) is 0 Å². The first-order chi connectivity index (χ1) is 31.7. The summed E-state index contributed by atoms with van der Waals surface area (Å²) >= 11 is 11.2. The third-order valence-corrected chi connectivity index (χ3v) is 13.3. The van der Waals surface area contributed by atoms with E-state index in [0.717, 1.165) is 22.3 Å². The Bertz CT molecular complexity index is 3140. The highest BCUT2D eigenvalue weighted by Gasteiger charge is 2.52. The maximum absolute atomic E-state index is 14.0. The molecule has 4 aliphatic rings. The molecule has 0 N–H and O–H groups in total. The first kappa shape index (κ1) is 42.8. The fourth-order valence-corrected chi connectivity index (χ4v) is 10.3. The van der Waals surface area contributed by atoms with Gasteiger partial charge in [-0.1, -0.05) is 27.7 Å². The summed E-state index contributed by atoms with van der Waals surface area (Å²) in [6.45, 7) is 6.91. The Balaban J connectivity index is 0.946. The SMILES string of the molecule is CCc1c2c(nc3ccc(OC(=O)Oc4ccc5nc6c(c(CC)c5c4)Cn4c-6cc5c(c4=O)COC(=O)[C@@]5(CC)OC(=O)Cl)cc13)-c1cc3c(c(=O)n1C2)COC(=O)[C@@]3(CC)OC(=O)Cl. The van der Waals surface area contributed by atoms with Crippen LogP contribution in [0, 0.1) is 0 Å². The van der Waals surface area contributed by atoms with E-state index in [1.807, 2.05) is 13.8 Å². The highest BCUT2D eigenvalue weighted by molar-refractivity contribution is 6.61. The van der Waals surface area contributed by atoms with Gasteiger partial charge >= 0.3 is 29.0 Å². The smallest absolute Gasteiger partial charge is 0.457 e. The number of carbonyl (C=O) groups excluding carboxylic acids is 5. The second-order valence-electron chi connectivity index (χ2n) is 16.2. The molecular weight excluding hydrogens is 899 g/mol. The van der Waals surface area contributed by atoms with Crippen LogP contribution >= 0.6 is 23.2 Å². The Morgan fingerprint density at radius 1 is 0.621 bits per heavy atom. The molecule has 10 rings (SSSR count). The summed E-state index contributed by atoms with van der Waals surface area (Å²) in [4.78, 5) is 101. The number of benzene rings is 2. The lowest BCUT2D eigenvalue weighted by Gasteiger charge is -2.34. The van der Waals surface area contributed by atoms with E-state index in [4.69, 9.17) is 61.6 Å². The van der Waals surface area contributed by atoms with E-state index in [2.05, 4.69) is 0 Å². The zero-order chi connectivity index (χ0) is 46.6. The fourth-order valence-electron chi connectivity index (χ4n) is 10.0. The second kappa shape index (κ2) is 15.5. The van der Waals surface area contributed by atoms with Gasteiger partial charge in [-0.05, 0) is 85.3 Å². The molecule has 0 unspecified atom stereocenters. The van der Waals surface area contributed by atoms with Gasteiger partial charge in [0.25, 0.3) is 11.1 Å². The van der Waals surface area contributed by atoms with Gasteiger partial charge in [-0.25, -0.2) is 33.9 Å². The standard InChI is InChI=1S/C47H36Cl2N4O13/c1-5-23-25-13-21(9-11-33(25)50-37-27(23)17-52-35(37)15-31-29(39(52)54)19-61-41(56)46(31,7-3)65-43(48)58)63-45(60)64-22-10-12-34-26(14-22)24(6-2)28-18-53-36(38(28)51-34)16-32-30(40(53)55)20-62-42(57)47(32,8-4)66-44(49)59/h9-16H,5-8,17-20H2,1-4H3/t46-,47-/m0/s1. The summed E-state index contributed by atoms with van der Waals surface area (Å²) in [7, 11) is 0. The fraction of sp³-hybridized carbons (Fsp3) is 0.298. The lowest BCUT2D eigenvalue weighted by Crippen LogP contribution is -2.46. The molecule has 0 amide bonds. The highest BCUT2D eigenvalue weighted by Crippen LogP contribution is 2.45. The van der Waals surface area contributed by atoms with Crippen LogP contribution in [0.1, 0.15) is 85.0 Å². The van der Waals surface area contributed by atoms with E-state index in [0.29, 0.717) is 57.4 Å². The molecule has 4 aromatic heterocycles. The van der Waals surface area contributed by atoms with Crippen LogP contribution < -0.4 is 20.6 Å². The molecule has 19 heteroatoms. The van der Waals surface area contributed by atoms with E-state index >= 15 is 0 Å². The molecule has 0 saturated heterocycles. The number of aromatic nitrogens is 4. The molecule has 336 valence electrons. The maximum Gasteiger partial charge on any atom is 0.519 e. The quantitative estimate of drug-likeness (QED) is 0.0613. The van der Waals surface area contributed by atoms with Gasteiger partial charge in [0.1, 0.15) is 24.7 Å². The largest absolute Gasteiger partial charge is 0.519 e. The minimum Gasteiger partial charge on any atom is -0.457 e. The number of carbonyl (C=O) groups is 5. The summed E-state index contributed by atoms with van der Waals surface area (Å²) in [5.41, 5.74) is -0.0592. The first-order valence-electron chi connectivity index (χ1n) is 21.1. The van der Waals surface area contributed by atoms with Crippen LogP contribution in [-0.2, 0) is 78.9 Å². The van der Waals surface area contributed by atoms with Gasteiger partial charge in [0.15, 0.2) is 0 Å². The van der Waals surface area contributed by atoms with Crippen LogP contribution in [0.5, 0.6) is 11.5 Å². The number of cyclic esters (lactones) is 2. The van der Waals surface area contributed by atoms with Gasteiger partial charge in [-0.3, -0.25) is 9.59 Å². The van der Waals surface area contributed by atoms with Crippen molar-refractivity contribution < 1.29 is 52.4 Å². The average Bonchev–Trinajstić information content (AvgIpc) is 3.85. The molecule has 4 aliphatic heterocycles. The van der Waals surface area contributed by atoms with Crippen molar-refractivity contribution in [2.75, 3.05) is 0 Å². The van der Waals surface area contributed by atoms with E-state index in [1.54, 1.807) is 71.5 Å². The minimum absolute atomic E-state index is 0.0233. The number of esters is 2. The molecule has 2 atom stereocenters. The molecule has 8 heterocycles. The zero-order valence-electron chi connectivity index (χ0n) is 35.6. The molecule has 0 bridgehead atoms. The summed E-state index contributed by atoms with van der Waals surface area (Å²) in [5.74, 6) is -1.29. The summed E-state index contributed by atoms with van der Waals surface area (Å²) in [5, 5.41) is 1.37. The first-order valence-corrected chi connectivity index (χ1v) is 21.9. The predicted octanol–water partition coefficient (Wildman–Crippen LogP) is 7.94.